The van der Waals surface area contributed by atoms with E-state index in [0.29, 0.717) is 6.07 Å². The zero-order valence-electron chi connectivity index (χ0n) is 15.3. The summed E-state index contributed by atoms with van der Waals surface area (Å²) in [5.74, 6) is -2.43. The zero-order chi connectivity index (χ0) is 21.7. The first-order chi connectivity index (χ1) is 14.3. The highest BCUT2D eigenvalue weighted by Gasteiger charge is 2.19. The summed E-state index contributed by atoms with van der Waals surface area (Å²) in [6.45, 7) is 0. The minimum atomic E-state index is -3.78. The lowest BCUT2D eigenvalue weighted by Gasteiger charge is -2.13. The van der Waals surface area contributed by atoms with E-state index in [1.54, 1.807) is 24.3 Å². The summed E-state index contributed by atoms with van der Waals surface area (Å²) >= 11 is 0. The molecule has 0 aliphatic carbocycles. The second-order valence-corrected chi connectivity index (χ2v) is 7.88. The fraction of sp³-hybridized carbons (Fsp3) is 0.0476. The molecule has 152 valence electrons. The van der Waals surface area contributed by atoms with Crippen LogP contribution in [0.4, 0.5) is 14.5 Å². The summed E-state index contributed by atoms with van der Waals surface area (Å²) in [6.07, 6.45) is 0. The molecule has 30 heavy (non-hydrogen) atoms. The molecule has 2 N–H and O–H groups in total. The number of carbonyl (C=O) groups excluding carboxylic acids is 1. The molecule has 6 nitrogen and oxygen atoms in total. The number of sulfonamides is 1. The van der Waals surface area contributed by atoms with Crippen LogP contribution < -0.4 is 10.0 Å². The smallest absolute Gasteiger partial charge is 0.261 e. The van der Waals surface area contributed by atoms with Crippen molar-refractivity contribution >= 4 is 21.6 Å². The Kier molecular flexibility index (Phi) is 6.09. The molecule has 0 radical (unpaired) electrons. The van der Waals surface area contributed by atoms with Crippen LogP contribution in [-0.2, 0) is 10.0 Å². The molecule has 0 heterocycles. The zero-order valence-corrected chi connectivity index (χ0v) is 16.2. The van der Waals surface area contributed by atoms with E-state index in [-0.39, 0.29) is 21.7 Å². The molecule has 0 aliphatic rings. The van der Waals surface area contributed by atoms with Gasteiger partial charge in [0.05, 0.1) is 11.0 Å². The number of halogens is 2. The highest BCUT2D eigenvalue weighted by molar-refractivity contribution is 7.92. The third kappa shape index (κ3) is 4.79. The molecule has 1 unspecified atom stereocenters. The summed E-state index contributed by atoms with van der Waals surface area (Å²) in [6, 6.07) is 16.4. The molecule has 3 rings (SSSR count). The van der Waals surface area contributed by atoms with Crippen molar-refractivity contribution in [1.29, 1.82) is 5.26 Å². The Morgan fingerprint density at radius 3 is 2.23 bits per heavy atom. The molecule has 9 heteroatoms. The first-order valence-corrected chi connectivity index (χ1v) is 10.1. The Labute approximate surface area is 171 Å². The highest BCUT2D eigenvalue weighted by atomic mass is 32.2. The van der Waals surface area contributed by atoms with E-state index in [2.05, 4.69) is 10.0 Å². The summed E-state index contributed by atoms with van der Waals surface area (Å²) < 4.78 is 54.0. The molecular weight excluding hydrogens is 412 g/mol. The lowest BCUT2D eigenvalue weighted by atomic mass is 10.1. The van der Waals surface area contributed by atoms with Gasteiger partial charge in [0.2, 0.25) is 0 Å². The number of hydrogen-bond acceptors (Lipinski definition) is 4. The van der Waals surface area contributed by atoms with Gasteiger partial charge in [0.25, 0.3) is 15.9 Å². The SMILES string of the molecule is N#CC(NC(=O)c1ccc(NS(=O)(=O)c2ccccc2)cc1)c1ccc(F)cc1F. The number of nitrogens with zero attached hydrogens (tertiary/aromatic N) is 1. The second-order valence-electron chi connectivity index (χ2n) is 6.20. The van der Waals surface area contributed by atoms with Gasteiger partial charge in [0.15, 0.2) is 0 Å². The van der Waals surface area contributed by atoms with Crippen LogP contribution in [0.2, 0.25) is 0 Å². The average molecular weight is 427 g/mol. The van der Waals surface area contributed by atoms with Crippen LogP contribution in [0.3, 0.4) is 0 Å². The summed E-state index contributed by atoms with van der Waals surface area (Å²) in [7, 11) is -3.78. The van der Waals surface area contributed by atoms with Crippen molar-refractivity contribution in [3.8, 4) is 6.07 Å². The van der Waals surface area contributed by atoms with Crippen molar-refractivity contribution in [3.05, 3.63) is 95.6 Å². The van der Waals surface area contributed by atoms with Gasteiger partial charge in [-0.25, -0.2) is 17.2 Å². The van der Waals surface area contributed by atoms with E-state index >= 15 is 0 Å². The first-order valence-electron chi connectivity index (χ1n) is 8.63. The lowest BCUT2D eigenvalue weighted by Crippen LogP contribution is -2.28. The maximum absolute atomic E-state index is 13.9. The minimum Gasteiger partial charge on any atom is -0.332 e. The molecule has 0 saturated carbocycles. The van der Waals surface area contributed by atoms with E-state index in [1.807, 2.05) is 0 Å². The molecule has 0 aromatic heterocycles. The normalized spacial score (nSPS) is 11.9. The second kappa shape index (κ2) is 8.71. The van der Waals surface area contributed by atoms with Gasteiger partial charge >= 0.3 is 0 Å². The van der Waals surface area contributed by atoms with Gasteiger partial charge in [-0.15, -0.1) is 0 Å². The Morgan fingerprint density at radius 2 is 1.63 bits per heavy atom. The molecule has 0 aliphatic heterocycles. The third-order valence-corrected chi connectivity index (χ3v) is 5.53. The topological polar surface area (TPSA) is 99.1 Å². The summed E-state index contributed by atoms with van der Waals surface area (Å²) in [5.41, 5.74) is 0.191. The van der Waals surface area contributed by atoms with E-state index < -0.39 is 33.6 Å². The molecule has 3 aromatic carbocycles. The minimum absolute atomic E-state index is 0.0880. The number of nitrogens with one attached hydrogen (secondary N) is 2. The Bertz CT molecular complexity index is 1210. The van der Waals surface area contributed by atoms with Gasteiger partial charge in [0.1, 0.15) is 17.7 Å². The largest absolute Gasteiger partial charge is 0.332 e. The van der Waals surface area contributed by atoms with Crippen molar-refractivity contribution in [3.63, 3.8) is 0 Å². The maximum atomic E-state index is 13.9. The van der Waals surface area contributed by atoms with Crippen LogP contribution in [0.1, 0.15) is 22.0 Å². The first kappa shape index (κ1) is 21.0. The molecule has 0 bridgehead atoms. The molecule has 3 aromatic rings. The fourth-order valence-electron chi connectivity index (χ4n) is 2.63. The lowest BCUT2D eigenvalue weighted by molar-refractivity contribution is 0.0944. The van der Waals surface area contributed by atoms with Crippen molar-refractivity contribution in [2.75, 3.05) is 4.72 Å². The average Bonchev–Trinajstić information content (AvgIpc) is 2.73. The Balaban J connectivity index is 1.72. The van der Waals surface area contributed by atoms with Crippen LogP contribution in [0.5, 0.6) is 0 Å². The van der Waals surface area contributed by atoms with Gasteiger partial charge in [-0.2, -0.15) is 5.26 Å². The van der Waals surface area contributed by atoms with E-state index in [9.17, 15) is 27.3 Å². The van der Waals surface area contributed by atoms with Gasteiger partial charge in [-0.05, 0) is 42.5 Å². The standard InChI is InChI=1S/C21H15F2N3O3S/c22-15-8-11-18(19(23)12-15)20(13-24)25-21(27)14-6-9-16(10-7-14)26-30(28,29)17-4-2-1-3-5-17/h1-12,20,26H,(H,25,27). The number of nitriles is 1. The molecule has 0 spiro atoms. The monoisotopic (exact) mass is 427 g/mol. The predicted molar refractivity (Wildman–Crippen MR) is 106 cm³/mol. The summed E-state index contributed by atoms with van der Waals surface area (Å²) in [5, 5.41) is 11.6. The van der Waals surface area contributed by atoms with E-state index in [1.165, 1.54) is 36.4 Å². The third-order valence-electron chi connectivity index (χ3n) is 4.13. The van der Waals surface area contributed by atoms with E-state index in [4.69, 9.17) is 0 Å². The van der Waals surface area contributed by atoms with Gasteiger partial charge in [-0.1, -0.05) is 24.3 Å². The van der Waals surface area contributed by atoms with Crippen molar-refractivity contribution in [2.24, 2.45) is 0 Å². The van der Waals surface area contributed by atoms with Crippen LogP contribution in [0.15, 0.2) is 77.7 Å². The van der Waals surface area contributed by atoms with Crippen molar-refractivity contribution < 1.29 is 22.0 Å². The van der Waals surface area contributed by atoms with Crippen LogP contribution in [-0.4, -0.2) is 14.3 Å². The van der Waals surface area contributed by atoms with Gasteiger partial charge < -0.3 is 5.32 Å². The number of carbonyl (C=O) groups is 1. The molecule has 0 fully saturated rings. The number of benzene rings is 3. The Hall–Kier alpha value is -3.77. The van der Waals surface area contributed by atoms with Crippen molar-refractivity contribution in [2.45, 2.75) is 10.9 Å². The maximum Gasteiger partial charge on any atom is 0.261 e. The van der Waals surface area contributed by atoms with Gasteiger partial charge in [0, 0.05) is 22.9 Å². The van der Waals surface area contributed by atoms with Crippen molar-refractivity contribution in [1.82, 2.24) is 5.32 Å². The predicted octanol–water partition coefficient (Wildman–Crippen LogP) is 3.76. The quantitative estimate of drug-likeness (QED) is 0.626. The molecule has 1 amide bonds. The van der Waals surface area contributed by atoms with E-state index in [0.717, 1.165) is 12.1 Å². The molecule has 1 atom stereocenters. The number of amides is 1. The van der Waals surface area contributed by atoms with Crippen LogP contribution >= 0.6 is 0 Å². The fourth-order valence-corrected chi connectivity index (χ4v) is 3.71. The number of rotatable bonds is 6. The highest BCUT2D eigenvalue weighted by Crippen LogP contribution is 2.20. The number of anilines is 1. The molecule has 0 saturated heterocycles. The molecular formula is C21H15F2N3O3S. The Morgan fingerprint density at radius 1 is 0.967 bits per heavy atom. The number of hydrogen-bond donors (Lipinski definition) is 2. The van der Waals surface area contributed by atoms with Crippen LogP contribution in [0, 0.1) is 23.0 Å². The van der Waals surface area contributed by atoms with Gasteiger partial charge in [-0.3, -0.25) is 9.52 Å². The summed E-state index contributed by atoms with van der Waals surface area (Å²) in [4.78, 5) is 12.5. The van der Waals surface area contributed by atoms with Crippen LogP contribution in [0.25, 0.3) is 0 Å².